The number of hydrogen-bond donors (Lipinski definition) is 0. The predicted molar refractivity (Wildman–Crippen MR) is 106 cm³/mol. The SMILES string of the molecule is Cn1cnnc1CC1(c2cccc(N3Cc4c(cccc4C(F)(F)F)C3=O)c2)COC1. The van der Waals surface area contributed by atoms with Crippen LogP contribution in [0.3, 0.4) is 0 Å². The zero-order chi connectivity index (χ0) is 21.8. The highest BCUT2D eigenvalue weighted by Crippen LogP contribution is 2.40. The largest absolute Gasteiger partial charge is 0.416 e. The van der Waals surface area contributed by atoms with Gasteiger partial charge in [0.2, 0.25) is 0 Å². The van der Waals surface area contributed by atoms with Crippen molar-refractivity contribution >= 4 is 11.6 Å². The van der Waals surface area contributed by atoms with Crippen LogP contribution in [0.25, 0.3) is 0 Å². The molecule has 2 aliphatic heterocycles. The lowest BCUT2D eigenvalue weighted by molar-refractivity contribution is -0.138. The number of carbonyl (C=O) groups is 1. The van der Waals surface area contributed by atoms with Crippen LogP contribution in [0.15, 0.2) is 48.8 Å². The Hall–Kier alpha value is -3.20. The molecule has 0 radical (unpaired) electrons. The average molecular weight is 428 g/mol. The quantitative estimate of drug-likeness (QED) is 0.638. The van der Waals surface area contributed by atoms with Crippen molar-refractivity contribution in [3.63, 3.8) is 0 Å². The van der Waals surface area contributed by atoms with Crippen molar-refractivity contribution in [2.24, 2.45) is 7.05 Å². The number of amides is 1. The molecule has 1 aromatic heterocycles. The molecule has 5 rings (SSSR count). The van der Waals surface area contributed by atoms with E-state index in [0.717, 1.165) is 17.5 Å². The second-order valence-corrected chi connectivity index (χ2v) is 8.08. The van der Waals surface area contributed by atoms with Crippen molar-refractivity contribution in [3.8, 4) is 0 Å². The maximum absolute atomic E-state index is 13.4. The standard InChI is InChI=1S/C22H19F3N4O2/c1-28-13-26-27-19(28)9-21(11-31-12-21)14-4-2-5-15(8-14)29-10-17-16(20(29)30)6-3-7-18(17)22(23,24)25/h2-8,13H,9-12H2,1H3. The Bertz CT molecular complexity index is 1170. The Morgan fingerprint density at radius 1 is 1.16 bits per heavy atom. The number of aryl methyl sites for hydroxylation is 1. The maximum atomic E-state index is 13.4. The van der Waals surface area contributed by atoms with Gasteiger partial charge < -0.3 is 14.2 Å². The second kappa shape index (κ2) is 6.91. The van der Waals surface area contributed by atoms with Gasteiger partial charge in [-0.25, -0.2) is 0 Å². The topological polar surface area (TPSA) is 60.2 Å². The number of anilines is 1. The Labute approximate surface area is 176 Å². The van der Waals surface area contributed by atoms with Gasteiger partial charge in [0, 0.05) is 30.1 Å². The minimum absolute atomic E-state index is 0.0196. The molecule has 0 atom stereocenters. The maximum Gasteiger partial charge on any atom is 0.416 e. The van der Waals surface area contributed by atoms with Gasteiger partial charge in [0.25, 0.3) is 5.91 Å². The number of ether oxygens (including phenoxy) is 1. The summed E-state index contributed by atoms with van der Waals surface area (Å²) in [6.45, 7) is 0.880. The summed E-state index contributed by atoms with van der Waals surface area (Å²) in [5.41, 5.74) is 0.564. The molecule has 6 nitrogen and oxygen atoms in total. The fourth-order valence-corrected chi connectivity index (χ4v) is 4.30. The van der Waals surface area contributed by atoms with Crippen molar-refractivity contribution in [1.29, 1.82) is 0 Å². The summed E-state index contributed by atoms with van der Waals surface area (Å²) < 4.78 is 47.6. The van der Waals surface area contributed by atoms with E-state index in [2.05, 4.69) is 10.2 Å². The molecule has 1 fully saturated rings. The summed E-state index contributed by atoms with van der Waals surface area (Å²) in [6.07, 6.45) is -2.26. The van der Waals surface area contributed by atoms with Crippen LogP contribution < -0.4 is 4.90 Å². The first-order chi connectivity index (χ1) is 14.8. The second-order valence-electron chi connectivity index (χ2n) is 8.08. The number of aromatic nitrogens is 3. The van der Waals surface area contributed by atoms with E-state index >= 15 is 0 Å². The lowest BCUT2D eigenvalue weighted by Gasteiger charge is -2.42. The van der Waals surface area contributed by atoms with Crippen LogP contribution in [0, 0.1) is 0 Å². The van der Waals surface area contributed by atoms with Gasteiger partial charge in [0.1, 0.15) is 12.2 Å². The van der Waals surface area contributed by atoms with Crippen LogP contribution in [-0.2, 0) is 36.3 Å². The summed E-state index contributed by atoms with van der Waals surface area (Å²) in [4.78, 5) is 14.3. The molecule has 1 saturated heterocycles. The smallest absolute Gasteiger partial charge is 0.379 e. The molecule has 31 heavy (non-hydrogen) atoms. The Kier molecular flexibility index (Phi) is 4.40. The van der Waals surface area contributed by atoms with Crippen LogP contribution in [0.2, 0.25) is 0 Å². The van der Waals surface area contributed by atoms with E-state index in [1.807, 2.05) is 29.8 Å². The Balaban J connectivity index is 1.48. The molecule has 0 spiro atoms. The number of benzene rings is 2. The first kappa shape index (κ1) is 19.7. The third-order valence-corrected chi connectivity index (χ3v) is 6.10. The summed E-state index contributed by atoms with van der Waals surface area (Å²) >= 11 is 0. The number of carbonyl (C=O) groups excluding carboxylic acids is 1. The van der Waals surface area contributed by atoms with Gasteiger partial charge in [0.05, 0.1) is 25.3 Å². The van der Waals surface area contributed by atoms with E-state index in [1.54, 1.807) is 12.4 Å². The van der Waals surface area contributed by atoms with Crippen molar-refractivity contribution in [2.75, 3.05) is 18.1 Å². The highest BCUT2D eigenvalue weighted by Gasteiger charge is 2.43. The third kappa shape index (κ3) is 3.20. The molecule has 0 aliphatic carbocycles. The van der Waals surface area contributed by atoms with Gasteiger partial charge in [0.15, 0.2) is 0 Å². The van der Waals surface area contributed by atoms with E-state index < -0.39 is 17.6 Å². The summed E-state index contributed by atoms with van der Waals surface area (Å²) in [5, 5.41) is 8.09. The van der Waals surface area contributed by atoms with Gasteiger partial charge >= 0.3 is 6.18 Å². The third-order valence-electron chi connectivity index (χ3n) is 6.10. The molecule has 3 aromatic rings. The van der Waals surface area contributed by atoms with Crippen molar-refractivity contribution in [3.05, 3.63) is 76.9 Å². The number of nitrogens with zero attached hydrogens (tertiary/aromatic N) is 4. The minimum Gasteiger partial charge on any atom is -0.379 e. The minimum atomic E-state index is -4.51. The zero-order valence-corrected chi connectivity index (χ0v) is 16.7. The molecule has 3 heterocycles. The van der Waals surface area contributed by atoms with Gasteiger partial charge in [-0.3, -0.25) is 4.79 Å². The van der Waals surface area contributed by atoms with Gasteiger partial charge in [-0.15, -0.1) is 10.2 Å². The van der Waals surface area contributed by atoms with Gasteiger partial charge in [-0.2, -0.15) is 13.2 Å². The Morgan fingerprint density at radius 3 is 2.58 bits per heavy atom. The molecule has 1 amide bonds. The molecule has 2 aromatic carbocycles. The lowest BCUT2D eigenvalue weighted by atomic mass is 9.75. The van der Waals surface area contributed by atoms with E-state index in [4.69, 9.17) is 4.74 Å². The van der Waals surface area contributed by atoms with E-state index in [0.29, 0.717) is 25.3 Å². The molecule has 2 aliphatic rings. The van der Waals surface area contributed by atoms with Crippen LogP contribution in [0.4, 0.5) is 18.9 Å². The van der Waals surface area contributed by atoms with Crippen LogP contribution >= 0.6 is 0 Å². The van der Waals surface area contributed by atoms with Crippen molar-refractivity contribution in [2.45, 2.75) is 24.6 Å². The fraction of sp³-hybridized carbons (Fsp3) is 0.318. The number of rotatable bonds is 4. The molecule has 0 saturated carbocycles. The molecule has 0 N–H and O–H groups in total. The summed E-state index contributed by atoms with van der Waals surface area (Å²) in [7, 11) is 1.87. The van der Waals surface area contributed by atoms with Crippen LogP contribution in [0.5, 0.6) is 0 Å². The highest BCUT2D eigenvalue weighted by molar-refractivity contribution is 6.10. The summed E-state index contributed by atoms with van der Waals surface area (Å²) in [6, 6.07) is 11.1. The Morgan fingerprint density at radius 2 is 1.94 bits per heavy atom. The lowest BCUT2D eigenvalue weighted by Crippen LogP contribution is -2.49. The van der Waals surface area contributed by atoms with Gasteiger partial charge in [-0.1, -0.05) is 18.2 Å². The number of alkyl halides is 3. The predicted octanol–water partition coefficient (Wildman–Crippen LogP) is 3.51. The van der Waals surface area contributed by atoms with Crippen LogP contribution in [-0.4, -0.2) is 33.9 Å². The van der Waals surface area contributed by atoms with Crippen molar-refractivity contribution < 1.29 is 22.7 Å². The van der Waals surface area contributed by atoms with Crippen molar-refractivity contribution in [1.82, 2.24) is 14.8 Å². The molecule has 9 heteroatoms. The van der Waals surface area contributed by atoms with E-state index in [-0.39, 0.29) is 23.1 Å². The monoisotopic (exact) mass is 428 g/mol. The number of fused-ring (bicyclic) bond motifs is 1. The fourth-order valence-electron chi connectivity index (χ4n) is 4.30. The first-order valence-electron chi connectivity index (χ1n) is 9.81. The number of hydrogen-bond acceptors (Lipinski definition) is 4. The van der Waals surface area contributed by atoms with E-state index in [1.165, 1.54) is 17.0 Å². The molecule has 160 valence electrons. The molecular formula is C22H19F3N4O2. The zero-order valence-electron chi connectivity index (χ0n) is 16.7. The van der Waals surface area contributed by atoms with E-state index in [9.17, 15) is 18.0 Å². The molecule has 0 bridgehead atoms. The molecule has 0 unspecified atom stereocenters. The molecular weight excluding hydrogens is 409 g/mol. The highest BCUT2D eigenvalue weighted by atomic mass is 19.4. The first-order valence-corrected chi connectivity index (χ1v) is 9.81. The summed E-state index contributed by atoms with van der Waals surface area (Å²) in [5.74, 6) is 0.388. The van der Waals surface area contributed by atoms with Gasteiger partial charge in [-0.05, 0) is 35.4 Å². The number of halogens is 3. The average Bonchev–Trinajstić information content (AvgIpc) is 3.27. The van der Waals surface area contributed by atoms with Crippen LogP contribution in [0.1, 0.15) is 32.9 Å². The normalized spacial score (nSPS) is 17.5.